The van der Waals surface area contributed by atoms with Crippen LogP contribution in [0.2, 0.25) is 0 Å². The summed E-state index contributed by atoms with van der Waals surface area (Å²) >= 11 is 0. The van der Waals surface area contributed by atoms with Crippen LogP contribution in [0.3, 0.4) is 0 Å². The van der Waals surface area contributed by atoms with Crippen LogP contribution in [-0.4, -0.2) is 15.7 Å². The molecule has 7 heteroatoms. The van der Waals surface area contributed by atoms with Crippen LogP contribution in [0, 0.1) is 11.6 Å². The van der Waals surface area contributed by atoms with Gasteiger partial charge in [0, 0.05) is 18.2 Å². The minimum absolute atomic E-state index is 0.215. The average Bonchev–Trinajstić information content (AvgIpc) is 2.99. The lowest BCUT2D eigenvalue weighted by molar-refractivity contribution is -0.124. The first-order valence-electron chi connectivity index (χ1n) is 7.79. The quantitative estimate of drug-likeness (QED) is 0.929. The summed E-state index contributed by atoms with van der Waals surface area (Å²) in [5, 5.41) is 6.71. The maximum atomic E-state index is 13.6. The van der Waals surface area contributed by atoms with Gasteiger partial charge in [-0.05, 0) is 43.9 Å². The number of fused-ring (bicyclic) bond motifs is 1. The lowest BCUT2D eigenvalue weighted by Crippen LogP contribution is -2.37. The molecule has 0 fully saturated rings. The highest BCUT2D eigenvalue weighted by Gasteiger charge is 2.21. The van der Waals surface area contributed by atoms with Crippen LogP contribution in [0.1, 0.15) is 36.2 Å². The SMILES string of the molecule is CC(C(=O)NCc1c(F)cccc1F)n1nc2c(cc1=O)CCC2. The second kappa shape index (κ2) is 6.51. The van der Waals surface area contributed by atoms with Gasteiger partial charge in [-0.25, -0.2) is 13.5 Å². The number of aromatic nitrogens is 2. The molecule has 1 amide bonds. The van der Waals surface area contributed by atoms with E-state index < -0.39 is 23.6 Å². The van der Waals surface area contributed by atoms with E-state index in [2.05, 4.69) is 10.4 Å². The fraction of sp³-hybridized carbons (Fsp3) is 0.353. The van der Waals surface area contributed by atoms with Gasteiger partial charge in [-0.2, -0.15) is 5.10 Å². The number of amides is 1. The van der Waals surface area contributed by atoms with E-state index in [1.807, 2.05) is 0 Å². The van der Waals surface area contributed by atoms with Crippen molar-refractivity contribution >= 4 is 5.91 Å². The first kappa shape index (κ1) is 16.3. The predicted octanol–water partition coefficient (Wildman–Crippen LogP) is 1.89. The molecule has 1 heterocycles. The molecule has 0 aliphatic heterocycles. The zero-order chi connectivity index (χ0) is 17.3. The van der Waals surface area contributed by atoms with E-state index in [1.165, 1.54) is 19.1 Å². The molecule has 3 rings (SSSR count). The fourth-order valence-corrected chi connectivity index (χ4v) is 2.83. The largest absolute Gasteiger partial charge is 0.350 e. The Morgan fingerprint density at radius 3 is 2.75 bits per heavy atom. The molecule has 1 atom stereocenters. The number of hydrogen-bond acceptors (Lipinski definition) is 3. The molecule has 1 unspecified atom stereocenters. The van der Waals surface area contributed by atoms with Gasteiger partial charge in [-0.3, -0.25) is 9.59 Å². The number of rotatable bonds is 4. The first-order chi connectivity index (χ1) is 11.5. The summed E-state index contributed by atoms with van der Waals surface area (Å²) in [6.07, 6.45) is 2.55. The van der Waals surface area contributed by atoms with Crippen LogP contribution in [-0.2, 0) is 24.2 Å². The third-order valence-electron chi connectivity index (χ3n) is 4.23. The standard InChI is InChI=1S/C17H17F2N3O2/c1-10(22-16(23)8-11-4-2-7-15(11)21-22)17(24)20-9-12-13(18)5-3-6-14(12)19/h3,5-6,8,10H,2,4,7,9H2,1H3,(H,20,24). The van der Waals surface area contributed by atoms with E-state index in [4.69, 9.17) is 0 Å². The van der Waals surface area contributed by atoms with Crippen molar-refractivity contribution in [2.45, 2.75) is 38.8 Å². The van der Waals surface area contributed by atoms with Crippen molar-refractivity contribution in [1.29, 1.82) is 0 Å². The van der Waals surface area contributed by atoms with Gasteiger partial charge in [-0.1, -0.05) is 6.07 Å². The zero-order valence-electron chi connectivity index (χ0n) is 13.2. The normalized spacial score (nSPS) is 14.3. The molecule has 1 aromatic heterocycles. The van der Waals surface area contributed by atoms with Crippen LogP contribution < -0.4 is 10.9 Å². The second-order valence-corrected chi connectivity index (χ2v) is 5.85. The third-order valence-corrected chi connectivity index (χ3v) is 4.23. The number of halogens is 2. The Balaban J connectivity index is 1.75. The van der Waals surface area contributed by atoms with Crippen LogP contribution >= 0.6 is 0 Å². The predicted molar refractivity (Wildman–Crippen MR) is 83.4 cm³/mol. The average molecular weight is 333 g/mol. The van der Waals surface area contributed by atoms with Crippen molar-refractivity contribution in [3.05, 3.63) is 63.1 Å². The van der Waals surface area contributed by atoms with Gasteiger partial charge in [0.2, 0.25) is 5.91 Å². The topological polar surface area (TPSA) is 64.0 Å². The van der Waals surface area contributed by atoms with Crippen molar-refractivity contribution in [3.8, 4) is 0 Å². The number of nitrogens with zero attached hydrogens (tertiary/aromatic N) is 2. The molecule has 0 radical (unpaired) electrons. The lowest BCUT2D eigenvalue weighted by Gasteiger charge is -2.15. The minimum atomic E-state index is -0.863. The van der Waals surface area contributed by atoms with Gasteiger partial charge >= 0.3 is 0 Å². The molecule has 0 saturated heterocycles. The molecule has 2 aromatic rings. The smallest absolute Gasteiger partial charge is 0.267 e. The van der Waals surface area contributed by atoms with E-state index >= 15 is 0 Å². The Morgan fingerprint density at radius 1 is 1.33 bits per heavy atom. The molecular formula is C17H17F2N3O2. The van der Waals surface area contributed by atoms with Crippen LogP contribution in [0.5, 0.6) is 0 Å². The van der Waals surface area contributed by atoms with E-state index in [-0.39, 0.29) is 17.7 Å². The lowest BCUT2D eigenvalue weighted by atomic mass is 10.2. The van der Waals surface area contributed by atoms with E-state index in [9.17, 15) is 18.4 Å². The van der Waals surface area contributed by atoms with Gasteiger partial charge in [0.05, 0.1) is 5.69 Å². The molecule has 0 saturated carbocycles. The summed E-state index contributed by atoms with van der Waals surface area (Å²) in [7, 11) is 0. The van der Waals surface area contributed by atoms with Crippen molar-refractivity contribution in [3.63, 3.8) is 0 Å². The minimum Gasteiger partial charge on any atom is -0.350 e. The van der Waals surface area contributed by atoms with Crippen LogP contribution in [0.15, 0.2) is 29.1 Å². The number of carbonyl (C=O) groups is 1. The van der Waals surface area contributed by atoms with Crippen LogP contribution in [0.25, 0.3) is 0 Å². The fourth-order valence-electron chi connectivity index (χ4n) is 2.83. The highest BCUT2D eigenvalue weighted by Crippen LogP contribution is 2.18. The Morgan fingerprint density at radius 2 is 2.04 bits per heavy atom. The van der Waals surface area contributed by atoms with Gasteiger partial charge < -0.3 is 5.32 Å². The second-order valence-electron chi connectivity index (χ2n) is 5.85. The third kappa shape index (κ3) is 3.06. The summed E-state index contributed by atoms with van der Waals surface area (Å²) < 4.78 is 28.3. The monoisotopic (exact) mass is 333 g/mol. The molecule has 1 aliphatic rings. The summed E-state index contributed by atoms with van der Waals surface area (Å²) in [6.45, 7) is 1.24. The highest BCUT2D eigenvalue weighted by molar-refractivity contribution is 5.79. The Bertz CT molecular complexity index is 828. The number of carbonyl (C=O) groups excluding carboxylic acids is 1. The van der Waals surface area contributed by atoms with Crippen molar-refractivity contribution in [2.75, 3.05) is 0 Å². The van der Waals surface area contributed by atoms with Gasteiger partial charge in [0.1, 0.15) is 17.7 Å². The van der Waals surface area contributed by atoms with E-state index in [0.29, 0.717) is 0 Å². The number of nitrogens with one attached hydrogen (secondary N) is 1. The summed E-state index contributed by atoms with van der Waals surface area (Å²) in [5.41, 5.74) is 1.19. The number of hydrogen-bond donors (Lipinski definition) is 1. The molecule has 1 aliphatic carbocycles. The molecule has 24 heavy (non-hydrogen) atoms. The molecule has 5 nitrogen and oxygen atoms in total. The molecule has 1 N–H and O–H groups in total. The van der Waals surface area contributed by atoms with Crippen molar-refractivity contribution < 1.29 is 13.6 Å². The number of benzene rings is 1. The molecule has 0 bridgehead atoms. The maximum absolute atomic E-state index is 13.6. The first-order valence-corrected chi connectivity index (χ1v) is 7.79. The van der Waals surface area contributed by atoms with E-state index in [0.717, 1.165) is 47.3 Å². The summed E-state index contributed by atoms with van der Waals surface area (Å²) in [5.74, 6) is -1.98. The molecular weight excluding hydrogens is 316 g/mol. The molecule has 126 valence electrons. The summed E-state index contributed by atoms with van der Waals surface area (Å²) in [4.78, 5) is 24.3. The summed E-state index contributed by atoms with van der Waals surface area (Å²) in [6, 6.07) is 4.15. The highest BCUT2D eigenvalue weighted by atomic mass is 19.1. The maximum Gasteiger partial charge on any atom is 0.267 e. The molecule has 0 spiro atoms. The Kier molecular flexibility index (Phi) is 4.42. The van der Waals surface area contributed by atoms with Crippen molar-refractivity contribution in [1.82, 2.24) is 15.1 Å². The van der Waals surface area contributed by atoms with Crippen LogP contribution in [0.4, 0.5) is 8.78 Å². The Labute approximate surface area is 137 Å². The van der Waals surface area contributed by atoms with E-state index in [1.54, 1.807) is 0 Å². The van der Waals surface area contributed by atoms with Gasteiger partial charge in [0.15, 0.2) is 0 Å². The number of aryl methyl sites for hydroxylation is 2. The zero-order valence-corrected chi connectivity index (χ0v) is 13.2. The van der Waals surface area contributed by atoms with Gasteiger partial charge in [-0.15, -0.1) is 0 Å². The van der Waals surface area contributed by atoms with Crippen molar-refractivity contribution in [2.24, 2.45) is 0 Å². The molecule has 1 aromatic carbocycles. The Hall–Kier alpha value is -2.57. The van der Waals surface area contributed by atoms with Gasteiger partial charge in [0.25, 0.3) is 5.56 Å².